The zero-order valence-electron chi connectivity index (χ0n) is 10.3. The fourth-order valence-corrected chi connectivity index (χ4v) is 2.00. The molecule has 3 heteroatoms. The van der Waals surface area contributed by atoms with E-state index in [1.165, 1.54) is 0 Å². The van der Waals surface area contributed by atoms with Gasteiger partial charge < -0.3 is 14.7 Å². The minimum atomic E-state index is -0.859. The van der Waals surface area contributed by atoms with Gasteiger partial charge in [-0.15, -0.1) is 6.42 Å². The second-order valence-corrected chi connectivity index (χ2v) is 4.24. The molecule has 2 rings (SSSR count). The zero-order chi connectivity index (χ0) is 13.0. The van der Waals surface area contributed by atoms with E-state index in [0.717, 1.165) is 43.1 Å². The molecule has 0 aliphatic carbocycles. The molecule has 1 saturated heterocycles. The van der Waals surface area contributed by atoms with Crippen molar-refractivity contribution in [2.24, 2.45) is 0 Å². The highest BCUT2D eigenvalue weighted by Crippen LogP contribution is 2.22. The first-order valence-corrected chi connectivity index (χ1v) is 5.98. The summed E-state index contributed by atoms with van der Waals surface area (Å²) in [5.41, 5.74) is 2.66. The van der Waals surface area contributed by atoms with E-state index in [-0.39, 0.29) is 0 Å². The minimum absolute atomic E-state index is 0.726. The number of rotatable bonds is 3. The van der Waals surface area contributed by atoms with Crippen molar-refractivity contribution >= 4 is 5.70 Å². The number of aliphatic hydroxyl groups excluding tert-OH is 1. The van der Waals surface area contributed by atoms with Gasteiger partial charge in [-0.3, -0.25) is 0 Å². The summed E-state index contributed by atoms with van der Waals surface area (Å²) in [7, 11) is 0. The van der Waals surface area contributed by atoms with Crippen LogP contribution in [0.15, 0.2) is 30.8 Å². The Balaban J connectivity index is 2.17. The molecule has 0 amide bonds. The van der Waals surface area contributed by atoms with Crippen molar-refractivity contribution in [3.63, 3.8) is 0 Å². The fraction of sp³-hybridized carbons (Fsp3) is 0.333. The van der Waals surface area contributed by atoms with Crippen LogP contribution >= 0.6 is 0 Å². The summed E-state index contributed by atoms with van der Waals surface area (Å²) in [4.78, 5) is 2.19. The second kappa shape index (κ2) is 5.72. The largest absolute Gasteiger partial charge is 0.378 e. The summed E-state index contributed by atoms with van der Waals surface area (Å²) in [6.45, 7) is 7.26. The van der Waals surface area contributed by atoms with Crippen LogP contribution < -0.4 is 0 Å². The summed E-state index contributed by atoms with van der Waals surface area (Å²) in [6, 6.07) is 7.57. The molecule has 1 atom stereocenters. The number of terminal acetylenes is 1. The van der Waals surface area contributed by atoms with Crippen LogP contribution in [0.5, 0.6) is 0 Å². The fourth-order valence-electron chi connectivity index (χ4n) is 2.00. The quantitative estimate of drug-likeness (QED) is 0.819. The maximum atomic E-state index is 9.65. The van der Waals surface area contributed by atoms with Crippen molar-refractivity contribution in [1.82, 2.24) is 4.90 Å². The molecule has 1 heterocycles. The van der Waals surface area contributed by atoms with E-state index in [1.807, 2.05) is 24.3 Å². The lowest BCUT2D eigenvalue weighted by atomic mass is 10.0. The first-order valence-electron chi connectivity index (χ1n) is 5.98. The lowest BCUT2D eigenvalue weighted by molar-refractivity contribution is 0.0641. The van der Waals surface area contributed by atoms with Crippen LogP contribution in [0.4, 0.5) is 0 Å². The molecular formula is C15H17NO2. The molecule has 1 N–H and O–H groups in total. The molecule has 94 valence electrons. The molecule has 1 fully saturated rings. The van der Waals surface area contributed by atoms with Crippen molar-refractivity contribution in [3.05, 3.63) is 42.0 Å². The number of hydrogen-bond acceptors (Lipinski definition) is 3. The highest BCUT2D eigenvalue weighted by Gasteiger charge is 2.14. The van der Waals surface area contributed by atoms with Crippen molar-refractivity contribution < 1.29 is 9.84 Å². The van der Waals surface area contributed by atoms with Gasteiger partial charge in [0.15, 0.2) is 0 Å². The van der Waals surface area contributed by atoms with E-state index in [2.05, 4.69) is 17.4 Å². The van der Waals surface area contributed by atoms with Gasteiger partial charge in [0.1, 0.15) is 6.10 Å². The van der Waals surface area contributed by atoms with Gasteiger partial charge in [-0.25, -0.2) is 0 Å². The first-order chi connectivity index (χ1) is 8.72. The first kappa shape index (κ1) is 12.7. The van der Waals surface area contributed by atoms with Crippen molar-refractivity contribution in [1.29, 1.82) is 0 Å². The summed E-state index contributed by atoms with van der Waals surface area (Å²) in [6.07, 6.45) is 4.36. The Labute approximate surface area is 108 Å². The number of morpholine rings is 1. The van der Waals surface area contributed by atoms with E-state index in [4.69, 9.17) is 11.2 Å². The van der Waals surface area contributed by atoms with Gasteiger partial charge in [0.05, 0.1) is 13.2 Å². The highest BCUT2D eigenvalue weighted by molar-refractivity contribution is 5.62. The van der Waals surface area contributed by atoms with Gasteiger partial charge >= 0.3 is 0 Å². The topological polar surface area (TPSA) is 32.7 Å². The second-order valence-electron chi connectivity index (χ2n) is 4.24. The molecule has 1 aromatic rings. The molecule has 0 bridgehead atoms. The lowest BCUT2D eigenvalue weighted by Gasteiger charge is -2.30. The van der Waals surface area contributed by atoms with Gasteiger partial charge in [0, 0.05) is 18.8 Å². The van der Waals surface area contributed by atoms with Gasteiger partial charge in [-0.2, -0.15) is 0 Å². The SMILES string of the molecule is C#CC(O)c1cccc(C(=C)N2CCOCC2)c1. The summed E-state index contributed by atoms with van der Waals surface area (Å²) >= 11 is 0. The molecule has 0 radical (unpaired) electrons. The molecule has 18 heavy (non-hydrogen) atoms. The number of aliphatic hydroxyl groups is 1. The molecular weight excluding hydrogens is 226 g/mol. The summed E-state index contributed by atoms with van der Waals surface area (Å²) < 4.78 is 5.32. The third kappa shape index (κ3) is 2.73. The Bertz CT molecular complexity index is 470. The Morgan fingerprint density at radius 1 is 1.44 bits per heavy atom. The Kier molecular flexibility index (Phi) is 4.03. The Morgan fingerprint density at radius 2 is 2.17 bits per heavy atom. The Morgan fingerprint density at radius 3 is 2.83 bits per heavy atom. The van der Waals surface area contributed by atoms with Crippen LogP contribution in [-0.2, 0) is 4.74 Å². The van der Waals surface area contributed by atoms with Crippen LogP contribution in [-0.4, -0.2) is 36.3 Å². The molecule has 3 nitrogen and oxygen atoms in total. The third-order valence-corrected chi connectivity index (χ3v) is 3.09. The predicted octanol–water partition coefficient (Wildman–Crippen LogP) is 1.66. The molecule has 1 aromatic carbocycles. The average Bonchev–Trinajstić information content (AvgIpc) is 2.46. The molecule has 1 aliphatic rings. The smallest absolute Gasteiger partial charge is 0.140 e. The van der Waals surface area contributed by atoms with Crippen LogP contribution in [0.3, 0.4) is 0 Å². The van der Waals surface area contributed by atoms with E-state index in [1.54, 1.807) is 0 Å². The van der Waals surface area contributed by atoms with E-state index >= 15 is 0 Å². The maximum absolute atomic E-state index is 9.65. The molecule has 0 spiro atoms. The third-order valence-electron chi connectivity index (χ3n) is 3.09. The molecule has 1 aliphatic heterocycles. The van der Waals surface area contributed by atoms with Crippen LogP contribution in [0.2, 0.25) is 0 Å². The van der Waals surface area contributed by atoms with Crippen molar-refractivity contribution in [2.75, 3.05) is 26.3 Å². The van der Waals surface area contributed by atoms with E-state index < -0.39 is 6.10 Å². The van der Waals surface area contributed by atoms with E-state index in [0.29, 0.717) is 0 Å². The number of hydrogen-bond donors (Lipinski definition) is 1. The molecule has 0 aromatic heterocycles. The monoisotopic (exact) mass is 243 g/mol. The zero-order valence-corrected chi connectivity index (χ0v) is 10.3. The van der Waals surface area contributed by atoms with Crippen molar-refractivity contribution in [2.45, 2.75) is 6.10 Å². The molecule has 1 unspecified atom stereocenters. The van der Waals surface area contributed by atoms with Gasteiger partial charge in [-0.1, -0.05) is 30.7 Å². The maximum Gasteiger partial charge on any atom is 0.140 e. The number of benzene rings is 1. The van der Waals surface area contributed by atoms with Crippen molar-refractivity contribution in [3.8, 4) is 12.3 Å². The summed E-state index contributed by atoms with van der Waals surface area (Å²) in [5, 5.41) is 9.65. The minimum Gasteiger partial charge on any atom is -0.378 e. The van der Waals surface area contributed by atoms with E-state index in [9.17, 15) is 5.11 Å². The average molecular weight is 243 g/mol. The standard InChI is InChI=1S/C15H17NO2/c1-3-15(17)14-6-4-5-13(11-14)12(2)16-7-9-18-10-8-16/h1,4-6,11,15,17H,2,7-10H2. The summed E-state index contributed by atoms with van der Waals surface area (Å²) in [5.74, 6) is 2.32. The van der Waals surface area contributed by atoms with Crippen LogP contribution in [0.1, 0.15) is 17.2 Å². The van der Waals surface area contributed by atoms with Gasteiger partial charge in [0.2, 0.25) is 0 Å². The van der Waals surface area contributed by atoms with Crippen LogP contribution in [0, 0.1) is 12.3 Å². The van der Waals surface area contributed by atoms with Gasteiger partial charge in [-0.05, 0) is 17.2 Å². The van der Waals surface area contributed by atoms with Crippen LogP contribution in [0.25, 0.3) is 5.70 Å². The normalized spacial score (nSPS) is 17.0. The number of nitrogens with zero attached hydrogens (tertiary/aromatic N) is 1. The Hall–Kier alpha value is -1.76. The van der Waals surface area contributed by atoms with Gasteiger partial charge in [0.25, 0.3) is 0 Å². The predicted molar refractivity (Wildman–Crippen MR) is 71.7 cm³/mol. The highest BCUT2D eigenvalue weighted by atomic mass is 16.5. The lowest BCUT2D eigenvalue weighted by Crippen LogP contribution is -2.34. The molecule has 0 saturated carbocycles. The number of ether oxygens (including phenoxy) is 1.